The van der Waals surface area contributed by atoms with Crippen LogP contribution in [0.15, 0.2) is 18.2 Å². The van der Waals surface area contributed by atoms with E-state index in [-0.39, 0.29) is 10.8 Å². The van der Waals surface area contributed by atoms with Crippen molar-refractivity contribution in [1.82, 2.24) is 0 Å². The summed E-state index contributed by atoms with van der Waals surface area (Å²) in [5.41, 5.74) is 2.08. The summed E-state index contributed by atoms with van der Waals surface area (Å²) in [6, 6.07) is 5.96. The van der Waals surface area contributed by atoms with Crippen molar-refractivity contribution in [2.45, 2.75) is 52.4 Å². The molecule has 0 spiro atoms. The van der Waals surface area contributed by atoms with Crippen molar-refractivity contribution >= 4 is 48.3 Å². The van der Waals surface area contributed by atoms with Crippen LogP contribution >= 0.6 is 48.3 Å². The SMILES string of the molecule is CC(C)(C)c1ccc(OP(=O)(SCl)SCl)c(C(C)(C)C)c1. The second-order valence-electron chi connectivity index (χ2n) is 6.89. The predicted octanol–water partition coefficient (Wildman–Crippen LogP) is 7.54. The zero-order chi connectivity index (χ0) is 16.5. The lowest BCUT2D eigenvalue weighted by Crippen LogP contribution is -2.17. The van der Waals surface area contributed by atoms with Gasteiger partial charge in [-0.1, -0.05) is 53.7 Å². The van der Waals surface area contributed by atoms with Crippen molar-refractivity contribution in [3.05, 3.63) is 29.3 Å². The van der Waals surface area contributed by atoms with Gasteiger partial charge in [-0.25, -0.2) is 0 Å². The van der Waals surface area contributed by atoms with Gasteiger partial charge in [-0.15, -0.1) is 0 Å². The van der Waals surface area contributed by atoms with Crippen molar-refractivity contribution < 1.29 is 9.09 Å². The normalized spacial score (nSPS) is 13.3. The van der Waals surface area contributed by atoms with Crippen LogP contribution in [0.4, 0.5) is 0 Å². The second kappa shape index (κ2) is 6.97. The van der Waals surface area contributed by atoms with E-state index in [9.17, 15) is 4.57 Å². The second-order valence-corrected chi connectivity index (χ2v) is 15.1. The quantitative estimate of drug-likeness (QED) is 0.499. The lowest BCUT2D eigenvalue weighted by atomic mass is 9.80. The van der Waals surface area contributed by atoms with Gasteiger partial charge in [-0.2, -0.15) is 0 Å². The molecular formula is C14H21Cl2O2PS2. The fourth-order valence-corrected chi connectivity index (χ4v) is 6.01. The van der Waals surface area contributed by atoms with E-state index in [0.717, 1.165) is 5.56 Å². The van der Waals surface area contributed by atoms with Gasteiger partial charge in [0.2, 0.25) is 0 Å². The molecular weight excluding hydrogens is 366 g/mol. The highest BCUT2D eigenvalue weighted by molar-refractivity contribution is 8.98. The molecule has 120 valence electrons. The van der Waals surface area contributed by atoms with Crippen molar-refractivity contribution in [3.63, 3.8) is 0 Å². The average Bonchev–Trinajstić information content (AvgIpc) is 2.36. The van der Waals surface area contributed by atoms with E-state index in [0.29, 0.717) is 26.9 Å². The summed E-state index contributed by atoms with van der Waals surface area (Å²) in [6.45, 7) is 12.7. The summed E-state index contributed by atoms with van der Waals surface area (Å²) >= 11 is 0. The molecule has 0 atom stereocenters. The Hall–Kier alpha value is 0.530. The maximum atomic E-state index is 12.3. The van der Waals surface area contributed by atoms with Crippen molar-refractivity contribution in [2.24, 2.45) is 0 Å². The summed E-state index contributed by atoms with van der Waals surface area (Å²) in [6.07, 6.45) is 0. The first kappa shape index (κ1) is 19.6. The average molecular weight is 387 g/mol. The zero-order valence-electron chi connectivity index (χ0n) is 13.1. The third-order valence-corrected chi connectivity index (χ3v) is 11.3. The van der Waals surface area contributed by atoms with E-state index < -0.39 is 5.77 Å². The third kappa shape index (κ3) is 5.28. The minimum Gasteiger partial charge on any atom is -0.427 e. The molecule has 0 fully saturated rings. The monoisotopic (exact) mass is 386 g/mol. The molecule has 1 aromatic carbocycles. The van der Waals surface area contributed by atoms with Gasteiger partial charge in [-0.05, 0) is 43.8 Å². The predicted molar refractivity (Wildman–Crippen MR) is 99.0 cm³/mol. The smallest absolute Gasteiger partial charge is 0.389 e. The highest BCUT2D eigenvalue weighted by atomic mass is 35.8. The minimum absolute atomic E-state index is 0.0324. The standard InChI is InChI=1S/C14H21Cl2O2PS2/c1-13(2,3)10-7-8-12(11(9-10)14(4,5)6)18-19(17,20-15)21-16/h7-9H,1-6H3. The molecule has 0 N–H and O–H groups in total. The van der Waals surface area contributed by atoms with E-state index >= 15 is 0 Å². The van der Waals surface area contributed by atoms with Gasteiger partial charge >= 0.3 is 5.77 Å². The van der Waals surface area contributed by atoms with Crippen LogP contribution in [0.2, 0.25) is 0 Å². The first-order valence-corrected chi connectivity index (χ1v) is 12.6. The van der Waals surface area contributed by atoms with Gasteiger partial charge in [-0.3, -0.25) is 4.57 Å². The van der Waals surface area contributed by atoms with Crippen molar-refractivity contribution in [2.75, 3.05) is 0 Å². The van der Waals surface area contributed by atoms with Crippen LogP contribution < -0.4 is 4.52 Å². The number of rotatable bonds is 4. The van der Waals surface area contributed by atoms with E-state index in [4.69, 9.17) is 25.9 Å². The van der Waals surface area contributed by atoms with E-state index in [1.807, 2.05) is 12.1 Å². The number of benzene rings is 1. The summed E-state index contributed by atoms with van der Waals surface area (Å²) in [5, 5.41) is 0. The molecule has 0 aliphatic rings. The van der Waals surface area contributed by atoms with E-state index in [2.05, 4.69) is 47.6 Å². The third-order valence-electron chi connectivity index (χ3n) is 3.03. The van der Waals surface area contributed by atoms with E-state index in [1.54, 1.807) is 0 Å². The van der Waals surface area contributed by atoms with Gasteiger partial charge in [0.15, 0.2) is 0 Å². The van der Waals surface area contributed by atoms with Gasteiger partial charge in [0, 0.05) is 5.56 Å². The molecule has 0 unspecified atom stereocenters. The summed E-state index contributed by atoms with van der Waals surface area (Å²) in [5.74, 6) is -2.62. The van der Waals surface area contributed by atoms with Crippen LogP contribution in [-0.4, -0.2) is 0 Å². The maximum absolute atomic E-state index is 12.3. The van der Waals surface area contributed by atoms with Gasteiger partial charge in [0.25, 0.3) is 0 Å². The molecule has 1 rings (SSSR count). The van der Waals surface area contributed by atoms with Gasteiger partial charge in [0.05, 0.1) is 21.2 Å². The molecule has 0 aliphatic carbocycles. The fourth-order valence-electron chi connectivity index (χ4n) is 1.82. The molecule has 0 aliphatic heterocycles. The molecule has 0 amide bonds. The zero-order valence-corrected chi connectivity index (χ0v) is 17.1. The van der Waals surface area contributed by atoms with E-state index in [1.165, 1.54) is 5.56 Å². The Kier molecular flexibility index (Phi) is 6.49. The molecule has 21 heavy (non-hydrogen) atoms. The summed E-state index contributed by atoms with van der Waals surface area (Å²) < 4.78 is 18.0. The van der Waals surface area contributed by atoms with Crippen molar-refractivity contribution in [3.8, 4) is 5.75 Å². The highest BCUT2D eigenvalue weighted by Gasteiger charge is 2.30. The molecule has 1 aromatic rings. The van der Waals surface area contributed by atoms with Crippen LogP contribution in [0, 0.1) is 0 Å². The number of halogens is 2. The molecule has 0 saturated carbocycles. The topological polar surface area (TPSA) is 26.3 Å². The molecule has 7 heteroatoms. The van der Waals surface area contributed by atoms with Gasteiger partial charge < -0.3 is 4.52 Å². The number of hydrogen-bond donors (Lipinski definition) is 0. The summed E-state index contributed by atoms with van der Waals surface area (Å²) in [7, 11) is 12.6. The molecule has 0 heterocycles. The van der Waals surface area contributed by atoms with Crippen LogP contribution in [0.3, 0.4) is 0 Å². The fraction of sp³-hybridized carbons (Fsp3) is 0.571. The Balaban J connectivity index is 3.37. The first-order chi connectivity index (χ1) is 9.43. The Morgan fingerprint density at radius 1 is 1.00 bits per heavy atom. The lowest BCUT2D eigenvalue weighted by Gasteiger charge is -2.27. The Bertz CT molecular complexity index is 543. The molecule has 2 nitrogen and oxygen atoms in total. The Morgan fingerprint density at radius 2 is 1.52 bits per heavy atom. The number of hydrogen-bond acceptors (Lipinski definition) is 4. The van der Waals surface area contributed by atoms with Crippen molar-refractivity contribution in [1.29, 1.82) is 0 Å². The van der Waals surface area contributed by atoms with Crippen LogP contribution in [-0.2, 0) is 15.4 Å². The first-order valence-electron chi connectivity index (χ1n) is 6.48. The molecule has 0 radical (unpaired) electrons. The molecule has 0 saturated heterocycles. The summed E-state index contributed by atoms with van der Waals surface area (Å²) in [4.78, 5) is 0. The largest absolute Gasteiger partial charge is 0.427 e. The van der Waals surface area contributed by atoms with Gasteiger partial charge in [0.1, 0.15) is 5.75 Å². The Labute approximate surface area is 144 Å². The highest BCUT2D eigenvalue weighted by Crippen LogP contribution is 2.72. The minimum atomic E-state index is -3.19. The molecule has 0 bridgehead atoms. The van der Waals surface area contributed by atoms with Crippen LogP contribution in [0.5, 0.6) is 5.75 Å². The maximum Gasteiger partial charge on any atom is 0.389 e. The molecule has 0 aromatic heterocycles. The lowest BCUT2D eigenvalue weighted by molar-refractivity contribution is 0.493. The van der Waals surface area contributed by atoms with Crippen LogP contribution in [0.1, 0.15) is 52.7 Å². The Morgan fingerprint density at radius 3 is 1.90 bits per heavy atom. The van der Waals surface area contributed by atoms with Crippen LogP contribution in [0.25, 0.3) is 0 Å².